The normalized spacial score (nSPS) is 20.0. The van der Waals surface area contributed by atoms with Crippen LogP contribution in [0.25, 0.3) is 0 Å². The van der Waals surface area contributed by atoms with E-state index in [1.165, 1.54) is 12.8 Å². The number of anilines is 1. The molecule has 2 aromatic rings. The molecule has 0 amide bonds. The van der Waals surface area contributed by atoms with Gasteiger partial charge in [-0.2, -0.15) is 5.10 Å². The van der Waals surface area contributed by atoms with Crippen LogP contribution in [0.5, 0.6) is 0 Å². The van der Waals surface area contributed by atoms with Gasteiger partial charge in [0.2, 0.25) is 0 Å². The monoisotopic (exact) mass is 304 g/mol. The fraction of sp³-hybridized carbons (Fsp3) is 0.571. The van der Waals surface area contributed by atoms with Crippen molar-refractivity contribution in [3.63, 3.8) is 0 Å². The Morgan fingerprint density at radius 1 is 1.10 bits per heavy atom. The Balaban J connectivity index is 1.48. The van der Waals surface area contributed by atoms with Gasteiger partial charge in [-0.15, -0.1) is 0 Å². The maximum atomic E-state index is 6.15. The standard InChI is InChI=1S/C14H17ClN6/c15-11-7-12(19-14(18-11)9-1-2-9)21-5-3-10(4-6-21)13-16-8-17-20-13/h7-10H,1-6H2,(H,16,17,20). The fourth-order valence-corrected chi connectivity index (χ4v) is 3.09. The molecular formula is C14H17ClN6. The van der Waals surface area contributed by atoms with Crippen molar-refractivity contribution in [1.29, 1.82) is 0 Å². The molecule has 2 aliphatic rings. The summed E-state index contributed by atoms with van der Waals surface area (Å²) in [6.45, 7) is 1.92. The summed E-state index contributed by atoms with van der Waals surface area (Å²) < 4.78 is 0. The van der Waals surface area contributed by atoms with Crippen LogP contribution in [-0.4, -0.2) is 38.2 Å². The molecular weight excluding hydrogens is 288 g/mol. The highest BCUT2D eigenvalue weighted by Gasteiger charge is 2.29. The van der Waals surface area contributed by atoms with E-state index in [-0.39, 0.29) is 0 Å². The lowest BCUT2D eigenvalue weighted by atomic mass is 9.96. The minimum absolute atomic E-state index is 0.462. The van der Waals surface area contributed by atoms with E-state index < -0.39 is 0 Å². The summed E-state index contributed by atoms with van der Waals surface area (Å²) in [6.07, 6.45) is 6.06. The highest BCUT2D eigenvalue weighted by Crippen LogP contribution is 2.39. The number of rotatable bonds is 3. The molecule has 0 spiro atoms. The quantitative estimate of drug-likeness (QED) is 0.882. The molecule has 0 bridgehead atoms. The van der Waals surface area contributed by atoms with Crippen molar-refractivity contribution in [2.45, 2.75) is 37.5 Å². The SMILES string of the molecule is Clc1cc(N2CCC(c3ncn[nH]3)CC2)nc(C2CC2)n1. The zero-order valence-electron chi connectivity index (χ0n) is 11.7. The summed E-state index contributed by atoms with van der Waals surface area (Å²) in [7, 11) is 0. The number of piperidine rings is 1. The van der Waals surface area contributed by atoms with Crippen LogP contribution in [0.1, 0.15) is 49.2 Å². The van der Waals surface area contributed by atoms with Crippen LogP contribution in [-0.2, 0) is 0 Å². The van der Waals surface area contributed by atoms with Crippen LogP contribution in [0, 0.1) is 0 Å². The van der Waals surface area contributed by atoms with E-state index in [9.17, 15) is 0 Å². The second-order valence-electron chi connectivity index (χ2n) is 5.81. The van der Waals surface area contributed by atoms with E-state index >= 15 is 0 Å². The molecule has 3 heterocycles. The van der Waals surface area contributed by atoms with E-state index in [2.05, 4.69) is 25.1 Å². The second-order valence-corrected chi connectivity index (χ2v) is 6.20. The number of nitrogens with one attached hydrogen (secondary N) is 1. The first kappa shape index (κ1) is 13.0. The predicted octanol–water partition coefficient (Wildman–Crippen LogP) is 2.51. The third-order valence-electron chi connectivity index (χ3n) is 4.28. The lowest BCUT2D eigenvalue weighted by molar-refractivity contribution is 0.484. The number of hydrogen-bond donors (Lipinski definition) is 1. The number of hydrogen-bond acceptors (Lipinski definition) is 5. The predicted molar refractivity (Wildman–Crippen MR) is 79.6 cm³/mol. The van der Waals surface area contributed by atoms with Gasteiger partial charge in [-0.1, -0.05) is 11.6 Å². The Bertz CT molecular complexity index is 616. The van der Waals surface area contributed by atoms with Crippen molar-refractivity contribution in [3.05, 3.63) is 29.2 Å². The van der Waals surface area contributed by atoms with Gasteiger partial charge in [-0.25, -0.2) is 15.0 Å². The van der Waals surface area contributed by atoms with E-state index in [0.29, 0.717) is 17.0 Å². The summed E-state index contributed by atoms with van der Waals surface area (Å²) in [5, 5.41) is 7.47. The first-order chi connectivity index (χ1) is 10.3. The average Bonchev–Trinajstić information content (AvgIpc) is 3.22. The number of nitrogens with zero attached hydrogens (tertiary/aromatic N) is 5. The van der Waals surface area contributed by atoms with Crippen LogP contribution in [0.4, 0.5) is 5.82 Å². The Labute approximate surface area is 128 Å². The van der Waals surface area contributed by atoms with Crippen molar-refractivity contribution >= 4 is 17.4 Å². The van der Waals surface area contributed by atoms with Gasteiger partial charge in [0.1, 0.15) is 28.9 Å². The zero-order chi connectivity index (χ0) is 14.2. The van der Waals surface area contributed by atoms with Crippen LogP contribution in [0.3, 0.4) is 0 Å². The van der Waals surface area contributed by atoms with Crippen LogP contribution < -0.4 is 4.90 Å². The zero-order valence-corrected chi connectivity index (χ0v) is 12.4. The van der Waals surface area contributed by atoms with Gasteiger partial charge >= 0.3 is 0 Å². The van der Waals surface area contributed by atoms with Crippen molar-refractivity contribution in [3.8, 4) is 0 Å². The molecule has 2 aromatic heterocycles. The van der Waals surface area contributed by atoms with E-state index in [4.69, 9.17) is 16.6 Å². The summed E-state index contributed by atoms with van der Waals surface area (Å²) in [5.74, 6) is 3.86. The smallest absolute Gasteiger partial charge is 0.137 e. The topological polar surface area (TPSA) is 70.6 Å². The Hall–Kier alpha value is -1.69. The molecule has 1 saturated heterocycles. The summed E-state index contributed by atoms with van der Waals surface area (Å²) in [4.78, 5) is 15.6. The second kappa shape index (κ2) is 5.26. The Morgan fingerprint density at radius 2 is 1.90 bits per heavy atom. The number of aromatic nitrogens is 5. The molecule has 110 valence electrons. The van der Waals surface area contributed by atoms with Crippen molar-refractivity contribution in [2.24, 2.45) is 0 Å². The molecule has 1 aliphatic carbocycles. The number of aromatic amines is 1. The highest BCUT2D eigenvalue weighted by molar-refractivity contribution is 6.29. The van der Waals surface area contributed by atoms with Gasteiger partial charge in [-0.3, -0.25) is 5.10 Å². The summed E-state index contributed by atoms with van der Waals surface area (Å²) >= 11 is 6.15. The molecule has 1 saturated carbocycles. The first-order valence-electron chi connectivity index (χ1n) is 7.44. The van der Waals surface area contributed by atoms with Gasteiger partial charge in [0.15, 0.2) is 0 Å². The van der Waals surface area contributed by atoms with E-state index in [1.807, 2.05) is 6.07 Å². The number of H-pyrrole nitrogens is 1. The Morgan fingerprint density at radius 3 is 2.57 bits per heavy atom. The third kappa shape index (κ3) is 2.72. The van der Waals surface area contributed by atoms with Gasteiger partial charge in [0.05, 0.1) is 0 Å². The lowest BCUT2D eigenvalue weighted by Gasteiger charge is -2.32. The maximum Gasteiger partial charge on any atom is 0.137 e. The van der Waals surface area contributed by atoms with Gasteiger partial charge in [0, 0.05) is 31.0 Å². The van der Waals surface area contributed by atoms with Crippen molar-refractivity contribution in [1.82, 2.24) is 25.1 Å². The summed E-state index contributed by atoms with van der Waals surface area (Å²) in [5.41, 5.74) is 0. The molecule has 1 N–H and O–H groups in total. The van der Waals surface area contributed by atoms with Crippen LogP contribution >= 0.6 is 11.6 Å². The molecule has 6 nitrogen and oxygen atoms in total. The largest absolute Gasteiger partial charge is 0.356 e. The van der Waals surface area contributed by atoms with Crippen molar-refractivity contribution < 1.29 is 0 Å². The molecule has 0 unspecified atom stereocenters. The number of halogens is 1. The fourth-order valence-electron chi connectivity index (χ4n) is 2.90. The molecule has 0 atom stereocenters. The van der Waals surface area contributed by atoms with Crippen LogP contribution in [0.2, 0.25) is 5.15 Å². The van der Waals surface area contributed by atoms with E-state index in [1.54, 1.807) is 6.33 Å². The average molecular weight is 305 g/mol. The minimum atomic E-state index is 0.462. The van der Waals surface area contributed by atoms with Gasteiger partial charge < -0.3 is 4.90 Å². The van der Waals surface area contributed by atoms with Gasteiger partial charge in [0.25, 0.3) is 0 Å². The van der Waals surface area contributed by atoms with Crippen molar-refractivity contribution in [2.75, 3.05) is 18.0 Å². The van der Waals surface area contributed by atoms with Crippen LogP contribution in [0.15, 0.2) is 12.4 Å². The molecule has 21 heavy (non-hydrogen) atoms. The van der Waals surface area contributed by atoms with E-state index in [0.717, 1.165) is 43.4 Å². The minimum Gasteiger partial charge on any atom is -0.356 e. The first-order valence-corrected chi connectivity index (χ1v) is 7.82. The molecule has 0 radical (unpaired) electrons. The third-order valence-corrected chi connectivity index (χ3v) is 4.47. The lowest BCUT2D eigenvalue weighted by Crippen LogP contribution is -2.34. The molecule has 7 heteroatoms. The molecule has 0 aromatic carbocycles. The Kier molecular flexibility index (Phi) is 3.25. The maximum absolute atomic E-state index is 6.15. The highest BCUT2D eigenvalue weighted by atomic mass is 35.5. The molecule has 4 rings (SSSR count). The molecule has 1 aliphatic heterocycles. The molecule has 2 fully saturated rings. The van der Waals surface area contributed by atoms with Gasteiger partial charge in [-0.05, 0) is 25.7 Å². The summed E-state index contributed by atoms with van der Waals surface area (Å²) in [6, 6.07) is 1.88.